The van der Waals surface area contributed by atoms with Gasteiger partial charge in [-0.25, -0.2) is 0 Å². The summed E-state index contributed by atoms with van der Waals surface area (Å²) in [5.74, 6) is -1.08. The Morgan fingerprint density at radius 3 is 2.08 bits per heavy atom. The van der Waals surface area contributed by atoms with E-state index in [4.69, 9.17) is 23.3 Å². The van der Waals surface area contributed by atoms with Crippen molar-refractivity contribution in [3.8, 4) is 0 Å². The Morgan fingerprint density at radius 1 is 1.08 bits per heavy atom. The molecule has 0 bridgehead atoms. The van der Waals surface area contributed by atoms with Crippen molar-refractivity contribution in [2.75, 3.05) is 6.16 Å². The molecule has 152 valence electrons. The predicted molar refractivity (Wildman–Crippen MR) is 95.5 cm³/mol. The van der Waals surface area contributed by atoms with Gasteiger partial charge in [-0.2, -0.15) is 0 Å². The largest absolute Gasteiger partial charge is 0.458 e. The average Bonchev–Trinajstić information content (AvgIpc) is 2.46. The van der Waals surface area contributed by atoms with Crippen LogP contribution < -0.4 is 0 Å². The lowest BCUT2D eigenvalue weighted by Gasteiger charge is -2.38. The summed E-state index contributed by atoms with van der Waals surface area (Å²) in [6.07, 6.45) is -1.92. The van der Waals surface area contributed by atoms with Crippen LogP contribution in [0.1, 0.15) is 54.4 Å². The van der Waals surface area contributed by atoms with E-state index in [1.54, 1.807) is 0 Å². The van der Waals surface area contributed by atoms with Crippen molar-refractivity contribution in [1.29, 1.82) is 0 Å². The van der Waals surface area contributed by atoms with Crippen molar-refractivity contribution in [3.05, 3.63) is 0 Å². The second kappa shape index (κ2) is 11.1. The Balaban J connectivity index is 2.69. The number of carbonyl (C=O) groups is 2. The number of ether oxygens (including phenoxy) is 3. The Morgan fingerprint density at radius 2 is 1.62 bits per heavy atom. The van der Waals surface area contributed by atoms with Crippen molar-refractivity contribution >= 4 is 20.3 Å². The monoisotopic (exact) mass is 394 g/mol. The lowest BCUT2D eigenvalue weighted by atomic mass is 10.0. The topological polar surface area (TPSA) is 101 Å². The van der Waals surface area contributed by atoms with Gasteiger partial charge in [-0.05, 0) is 34.1 Å². The van der Waals surface area contributed by atoms with Crippen LogP contribution in [0.2, 0.25) is 0 Å². The van der Waals surface area contributed by atoms with E-state index in [1.807, 2.05) is 27.7 Å². The molecule has 0 saturated carbocycles. The van der Waals surface area contributed by atoms with Crippen molar-refractivity contribution in [1.82, 2.24) is 0 Å². The number of hydrogen-bond donors (Lipinski definition) is 1. The fraction of sp³-hybridized carbons (Fsp3) is 0.882. The molecule has 0 aromatic carbocycles. The lowest BCUT2D eigenvalue weighted by molar-refractivity contribution is -0.258. The molecule has 1 rings (SSSR count). The van der Waals surface area contributed by atoms with Crippen LogP contribution in [0.15, 0.2) is 0 Å². The van der Waals surface area contributed by atoms with Gasteiger partial charge in [0.05, 0.1) is 18.3 Å². The van der Waals surface area contributed by atoms with Crippen LogP contribution in [0.3, 0.4) is 0 Å². The van der Waals surface area contributed by atoms with E-state index in [2.05, 4.69) is 0 Å². The number of aliphatic hydroxyl groups excluding tert-OH is 1. The van der Waals surface area contributed by atoms with E-state index >= 15 is 0 Å². The second-order valence-electron chi connectivity index (χ2n) is 6.76. The highest BCUT2D eigenvalue weighted by molar-refractivity contribution is 7.47. The van der Waals surface area contributed by atoms with Crippen LogP contribution in [0.25, 0.3) is 0 Å². The van der Waals surface area contributed by atoms with Gasteiger partial charge in [-0.15, -0.1) is 0 Å². The first-order valence-corrected chi connectivity index (χ1v) is 10.2. The predicted octanol–water partition coefficient (Wildman–Crippen LogP) is 2.51. The molecule has 1 fully saturated rings. The molecule has 4 atom stereocenters. The summed E-state index contributed by atoms with van der Waals surface area (Å²) in [4.78, 5) is 22.6. The zero-order valence-corrected chi connectivity index (χ0v) is 17.2. The fourth-order valence-corrected chi connectivity index (χ4v) is 4.30. The van der Waals surface area contributed by atoms with Gasteiger partial charge in [0.1, 0.15) is 6.10 Å². The molecule has 0 aromatic heterocycles. The van der Waals surface area contributed by atoms with Gasteiger partial charge in [0.25, 0.3) is 0 Å². The maximum Gasteiger partial charge on any atom is 0.303 e. The van der Waals surface area contributed by atoms with E-state index in [9.17, 15) is 14.7 Å². The summed E-state index contributed by atoms with van der Waals surface area (Å²) in [5, 5.41) is 10.2. The highest BCUT2D eigenvalue weighted by atomic mass is 31.2. The third kappa shape index (κ3) is 8.73. The Hall–Kier alpha value is -0.790. The lowest BCUT2D eigenvalue weighted by Crippen LogP contribution is -2.51. The Bertz CT molecular complexity index is 446. The van der Waals surface area contributed by atoms with E-state index in [1.165, 1.54) is 13.8 Å². The summed E-state index contributed by atoms with van der Waals surface area (Å²) in [6.45, 7) is 10.3. The standard InChI is InChI=1S/C17H31O8P/c1-10(2)24-26(25-11(3)4)8-7-14-9-15(21-12(5)18)16(17(20)23-14)22-13(6)19/h10-11,14-17,20H,7-9H2,1-6H3. The minimum atomic E-state index is -1.36. The first-order chi connectivity index (χ1) is 12.1. The van der Waals surface area contributed by atoms with E-state index < -0.39 is 38.8 Å². The highest BCUT2D eigenvalue weighted by Crippen LogP contribution is 2.43. The van der Waals surface area contributed by atoms with Crippen LogP contribution in [0.4, 0.5) is 0 Å². The van der Waals surface area contributed by atoms with E-state index in [0.717, 1.165) is 0 Å². The number of esters is 2. The van der Waals surface area contributed by atoms with Crippen molar-refractivity contribution in [2.45, 2.75) is 91.2 Å². The summed E-state index contributed by atoms with van der Waals surface area (Å²) in [7, 11) is -1.09. The molecular formula is C17H31O8P. The minimum Gasteiger partial charge on any atom is -0.458 e. The first-order valence-electron chi connectivity index (χ1n) is 8.87. The molecule has 8 nitrogen and oxygen atoms in total. The van der Waals surface area contributed by atoms with Crippen LogP contribution >= 0.6 is 8.38 Å². The smallest absolute Gasteiger partial charge is 0.303 e. The molecule has 1 heterocycles. The summed E-state index contributed by atoms with van der Waals surface area (Å²) < 4.78 is 27.5. The van der Waals surface area contributed by atoms with Crippen molar-refractivity contribution in [2.24, 2.45) is 0 Å². The quantitative estimate of drug-likeness (QED) is 0.470. The van der Waals surface area contributed by atoms with E-state index in [-0.39, 0.29) is 18.3 Å². The van der Waals surface area contributed by atoms with Crippen LogP contribution in [-0.2, 0) is 32.8 Å². The van der Waals surface area contributed by atoms with Gasteiger partial charge in [-0.1, -0.05) is 0 Å². The van der Waals surface area contributed by atoms with Gasteiger partial charge in [-0.3, -0.25) is 9.59 Å². The van der Waals surface area contributed by atoms with Gasteiger partial charge in [0.2, 0.25) is 0 Å². The molecule has 1 aliphatic heterocycles. The number of rotatable bonds is 9. The van der Waals surface area contributed by atoms with Crippen LogP contribution in [0.5, 0.6) is 0 Å². The molecule has 0 spiro atoms. The fourth-order valence-electron chi connectivity index (χ4n) is 2.60. The third-order valence-corrected chi connectivity index (χ3v) is 5.32. The molecule has 26 heavy (non-hydrogen) atoms. The third-order valence-electron chi connectivity index (χ3n) is 3.38. The maximum atomic E-state index is 11.3. The zero-order chi connectivity index (χ0) is 19.9. The van der Waals surface area contributed by atoms with Gasteiger partial charge in [0.15, 0.2) is 20.8 Å². The average molecular weight is 394 g/mol. The highest BCUT2D eigenvalue weighted by Gasteiger charge is 2.42. The molecule has 0 aliphatic carbocycles. The van der Waals surface area contributed by atoms with Crippen molar-refractivity contribution in [3.63, 3.8) is 0 Å². The Kier molecular flexibility index (Phi) is 9.97. The maximum absolute atomic E-state index is 11.3. The zero-order valence-electron chi connectivity index (χ0n) is 16.3. The SMILES string of the molecule is CC(=O)OC1CC(CCP(OC(C)C)OC(C)C)OC(O)C1OC(C)=O. The molecule has 0 amide bonds. The molecule has 1 saturated heterocycles. The molecule has 1 aliphatic rings. The molecule has 1 N–H and O–H groups in total. The van der Waals surface area contributed by atoms with E-state index in [0.29, 0.717) is 19.0 Å². The molecule has 4 unspecified atom stereocenters. The van der Waals surface area contributed by atoms with Crippen LogP contribution in [0, 0.1) is 0 Å². The van der Waals surface area contributed by atoms with Gasteiger partial charge in [0, 0.05) is 26.4 Å². The minimum absolute atomic E-state index is 0.0415. The summed E-state index contributed by atoms with van der Waals surface area (Å²) in [6, 6.07) is 0. The summed E-state index contributed by atoms with van der Waals surface area (Å²) >= 11 is 0. The molecule has 0 radical (unpaired) electrons. The van der Waals surface area contributed by atoms with Crippen LogP contribution in [-0.4, -0.2) is 60.0 Å². The molecule has 0 aromatic rings. The number of carbonyl (C=O) groups excluding carboxylic acids is 2. The Labute approximate surface area is 156 Å². The van der Waals surface area contributed by atoms with Gasteiger partial charge < -0.3 is 28.4 Å². The molecule has 9 heteroatoms. The van der Waals surface area contributed by atoms with Crippen molar-refractivity contribution < 1.29 is 38.0 Å². The summed E-state index contributed by atoms with van der Waals surface area (Å²) in [5.41, 5.74) is 0. The number of aliphatic hydroxyl groups is 1. The first kappa shape index (κ1) is 23.2. The molecular weight excluding hydrogens is 363 g/mol. The van der Waals surface area contributed by atoms with Gasteiger partial charge >= 0.3 is 11.9 Å². The number of hydrogen-bond acceptors (Lipinski definition) is 8. The second-order valence-corrected chi connectivity index (χ2v) is 8.29. The normalized spacial score (nSPS) is 26.4.